The second kappa shape index (κ2) is 5.87. The van der Waals surface area contributed by atoms with Gasteiger partial charge in [0.1, 0.15) is 16.8 Å². The summed E-state index contributed by atoms with van der Waals surface area (Å²) in [5.74, 6) is -0.175. The van der Waals surface area contributed by atoms with E-state index in [1.54, 1.807) is 11.6 Å². The van der Waals surface area contributed by atoms with E-state index >= 15 is 0 Å². The highest BCUT2D eigenvalue weighted by molar-refractivity contribution is 9.10. The molecule has 0 fully saturated rings. The van der Waals surface area contributed by atoms with Crippen molar-refractivity contribution in [3.63, 3.8) is 0 Å². The number of rotatable bonds is 5. The third-order valence-electron chi connectivity index (χ3n) is 2.32. The molecule has 19 heavy (non-hydrogen) atoms. The molecule has 0 unspecified atom stereocenters. The molecule has 102 valence electrons. The Hall–Kier alpha value is -1.83. The summed E-state index contributed by atoms with van der Waals surface area (Å²) in [6, 6.07) is 0. The lowest BCUT2D eigenvalue weighted by Gasteiger charge is -2.05. The number of aryl methyl sites for hydroxylation is 1. The lowest BCUT2D eigenvalue weighted by atomic mass is 10.3. The minimum Gasteiger partial charge on any atom is -0.472 e. The van der Waals surface area contributed by atoms with E-state index in [2.05, 4.69) is 31.2 Å². The van der Waals surface area contributed by atoms with Gasteiger partial charge in [0.25, 0.3) is 0 Å². The molecule has 1 N–H and O–H groups in total. The van der Waals surface area contributed by atoms with Crippen LogP contribution >= 0.6 is 15.9 Å². The zero-order valence-corrected chi connectivity index (χ0v) is 12.1. The number of halogens is 1. The molecule has 0 aliphatic rings. The van der Waals surface area contributed by atoms with Crippen LogP contribution in [0.2, 0.25) is 0 Å². The maximum Gasteiger partial charge on any atom is 0.345 e. The number of carbonyl (C=O) groups is 1. The van der Waals surface area contributed by atoms with E-state index in [0.717, 1.165) is 5.56 Å². The lowest BCUT2D eigenvalue weighted by Crippen LogP contribution is -2.06. The van der Waals surface area contributed by atoms with Gasteiger partial charge in [-0.1, -0.05) is 0 Å². The number of aromatic nitrogens is 4. The van der Waals surface area contributed by atoms with Gasteiger partial charge in [0, 0.05) is 18.8 Å². The van der Waals surface area contributed by atoms with Crippen LogP contribution in [-0.2, 0) is 18.4 Å². The van der Waals surface area contributed by atoms with Crippen LogP contribution in [0.15, 0.2) is 17.0 Å². The number of carbonyl (C=O) groups excluding carboxylic acids is 1. The molecule has 8 heteroatoms. The van der Waals surface area contributed by atoms with Crippen molar-refractivity contribution in [1.29, 1.82) is 0 Å². The monoisotopic (exact) mass is 328 g/mol. The highest BCUT2D eigenvalue weighted by atomic mass is 79.9. The Morgan fingerprint density at radius 3 is 3.00 bits per heavy atom. The van der Waals surface area contributed by atoms with Crippen molar-refractivity contribution in [3.8, 4) is 5.88 Å². The first-order valence-corrected chi connectivity index (χ1v) is 6.42. The highest BCUT2D eigenvalue weighted by Crippen LogP contribution is 2.19. The average Bonchev–Trinajstić information content (AvgIpc) is 2.93. The molecule has 0 aliphatic carbocycles. The van der Waals surface area contributed by atoms with E-state index in [9.17, 15) is 4.79 Å². The van der Waals surface area contributed by atoms with Crippen molar-refractivity contribution < 1.29 is 14.3 Å². The molecule has 2 heterocycles. The number of aromatic amines is 1. The second-order valence-corrected chi connectivity index (χ2v) is 4.49. The van der Waals surface area contributed by atoms with Gasteiger partial charge < -0.3 is 9.47 Å². The maximum atomic E-state index is 11.6. The first-order valence-electron chi connectivity index (χ1n) is 5.63. The van der Waals surface area contributed by atoms with Gasteiger partial charge in [0.05, 0.1) is 12.8 Å². The first-order chi connectivity index (χ1) is 9.11. The molecular weight excluding hydrogens is 316 g/mol. The summed E-state index contributed by atoms with van der Waals surface area (Å²) in [5.41, 5.74) is 1.15. The molecule has 0 atom stereocenters. The van der Waals surface area contributed by atoms with Crippen LogP contribution < -0.4 is 4.74 Å². The second-order valence-electron chi connectivity index (χ2n) is 3.74. The van der Waals surface area contributed by atoms with Gasteiger partial charge in [-0.25, -0.2) is 9.89 Å². The Morgan fingerprint density at radius 1 is 1.58 bits per heavy atom. The largest absolute Gasteiger partial charge is 0.472 e. The average molecular weight is 329 g/mol. The van der Waals surface area contributed by atoms with Crippen LogP contribution in [-0.4, -0.2) is 32.6 Å². The third kappa shape index (κ3) is 3.14. The predicted octanol–water partition coefficient (Wildman–Crippen LogP) is 1.66. The van der Waals surface area contributed by atoms with Gasteiger partial charge in [0.15, 0.2) is 0 Å². The van der Waals surface area contributed by atoms with Crippen molar-refractivity contribution >= 4 is 21.9 Å². The SMILES string of the molecule is CCOC(=O)c1cn[nH]c1OCc1cn(C)nc1Br. The first kappa shape index (κ1) is 13.6. The minimum absolute atomic E-state index is 0.267. The summed E-state index contributed by atoms with van der Waals surface area (Å²) in [5, 5.41) is 10.5. The molecule has 0 aliphatic heterocycles. The summed E-state index contributed by atoms with van der Waals surface area (Å²) in [7, 11) is 1.81. The summed E-state index contributed by atoms with van der Waals surface area (Å²) in [6.07, 6.45) is 3.20. The van der Waals surface area contributed by atoms with Gasteiger partial charge >= 0.3 is 5.97 Å². The normalized spacial score (nSPS) is 10.5. The predicted molar refractivity (Wildman–Crippen MR) is 69.8 cm³/mol. The van der Waals surface area contributed by atoms with E-state index < -0.39 is 5.97 Å². The van der Waals surface area contributed by atoms with Crippen molar-refractivity contribution in [1.82, 2.24) is 20.0 Å². The molecular formula is C11H13BrN4O3. The van der Waals surface area contributed by atoms with E-state index in [-0.39, 0.29) is 18.1 Å². The van der Waals surface area contributed by atoms with Crippen LogP contribution in [0.1, 0.15) is 22.8 Å². The highest BCUT2D eigenvalue weighted by Gasteiger charge is 2.17. The minimum atomic E-state index is -0.462. The van der Waals surface area contributed by atoms with Crippen LogP contribution in [0.3, 0.4) is 0 Å². The topological polar surface area (TPSA) is 82.0 Å². The van der Waals surface area contributed by atoms with Gasteiger partial charge in [-0.05, 0) is 22.9 Å². The zero-order chi connectivity index (χ0) is 13.8. The van der Waals surface area contributed by atoms with Crippen molar-refractivity contribution in [3.05, 3.63) is 28.1 Å². The fourth-order valence-electron chi connectivity index (χ4n) is 1.50. The van der Waals surface area contributed by atoms with Gasteiger partial charge in [-0.2, -0.15) is 10.2 Å². The van der Waals surface area contributed by atoms with E-state index in [4.69, 9.17) is 9.47 Å². The molecule has 2 aromatic rings. The molecule has 0 aromatic carbocycles. The molecule has 0 amide bonds. The summed E-state index contributed by atoms with van der Waals surface area (Å²) in [6.45, 7) is 2.31. The number of nitrogens with zero attached hydrogens (tertiary/aromatic N) is 3. The smallest absolute Gasteiger partial charge is 0.345 e. The molecule has 0 saturated heterocycles. The fraction of sp³-hybridized carbons (Fsp3) is 0.364. The standard InChI is InChI=1S/C11H13BrN4O3/c1-3-18-11(17)8-4-13-14-10(8)19-6-7-5-16(2)15-9(7)12/h4-5H,3,6H2,1-2H3,(H,13,14). The molecule has 0 spiro atoms. The fourth-order valence-corrected chi connectivity index (χ4v) is 1.96. The summed E-state index contributed by atoms with van der Waals surface area (Å²) >= 11 is 3.32. The number of hydrogen-bond acceptors (Lipinski definition) is 5. The molecule has 7 nitrogen and oxygen atoms in total. The molecule has 2 rings (SSSR count). The summed E-state index contributed by atoms with van der Waals surface area (Å²) < 4.78 is 12.8. The Balaban J connectivity index is 2.06. The van der Waals surface area contributed by atoms with Gasteiger partial charge in [-0.3, -0.25) is 4.68 Å². The zero-order valence-electron chi connectivity index (χ0n) is 10.5. The number of H-pyrrole nitrogens is 1. The third-order valence-corrected chi connectivity index (χ3v) is 2.99. The molecule has 0 saturated carbocycles. The van der Waals surface area contributed by atoms with Crippen LogP contribution in [0.25, 0.3) is 0 Å². The van der Waals surface area contributed by atoms with Crippen LogP contribution in [0.5, 0.6) is 5.88 Å². The number of nitrogens with one attached hydrogen (secondary N) is 1. The van der Waals surface area contributed by atoms with Gasteiger partial charge in [-0.15, -0.1) is 0 Å². The summed E-state index contributed by atoms with van der Waals surface area (Å²) in [4.78, 5) is 11.6. The lowest BCUT2D eigenvalue weighted by molar-refractivity contribution is 0.0521. The quantitative estimate of drug-likeness (QED) is 0.844. The van der Waals surface area contributed by atoms with Crippen molar-refractivity contribution in [2.75, 3.05) is 6.61 Å². The Morgan fingerprint density at radius 2 is 2.37 bits per heavy atom. The molecule has 0 radical (unpaired) electrons. The maximum absolute atomic E-state index is 11.6. The Bertz CT molecular complexity index is 578. The number of esters is 1. The Labute approximate surface area is 118 Å². The van der Waals surface area contributed by atoms with Gasteiger partial charge in [0.2, 0.25) is 5.88 Å². The Kier molecular flexibility index (Phi) is 4.20. The molecule has 0 bridgehead atoms. The number of ether oxygens (including phenoxy) is 2. The molecule has 2 aromatic heterocycles. The van der Waals surface area contributed by atoms with Crippen LogP contribution in [0.4, 0.5) is 0 Å². The van der Waals surface area contributed by atoms with E-state index in [0.29, 0.717) is 11.2 Å². The number of hydrogen-bond donors (Lipinski definition) is 1. The van der Waals surface area contributed by atoms with Crippen LogP contribution in [0, 0.1) is 0 Å². The van der Waals surface area contributed by atoms with Crippen molar-refractivity contribution in [2.24, 2.45) is 7.05 Å². The van der Waals surface area contributed by atoms with E-state index in [1.807, 2.05) is 13.2 Å². The van der Waals surface area contributed by atoms with E-state index in [1.165, 1.54) is 6.20 Å². The van der Waals surface area contributed by atoms with Crippen molar-refractivity contribution in [2.45, 2.75) is 13.5 Å².